The van der Waals surface area contributed by atoms with Gasteiger partial charge < -0.3 is 10.6 Å². The first-order chi connectivity index (χ1) is 15.8. The lowest BCUT2D eigenvalue weighted by atomic mass is 10.1. The summed E-state index contributed by atoms with van der Waals surface area (Å²) in [6, 6.07) is 18.4. The summed E-state index contributed by atoms with van der Waals surface area (Å²) in [4.78, 5) is 25.4. The van der Waals surface area contributed by atoms with Gasteiger partial charge in [-0.1, -0.05) is 65.7 Å². The van der Waals surface area contributed by atoms with Crippen LogP contribution in [0.2, 0.25) is 10.0 Å². The summed E-state index contributed by atoms with van der Waals surface area (Å²) in [5.41, 5.74) is 1.43. The van der Waals surface area contributed by atoms with E-state index < -0.39 is 27.9 Å². The predicted molar refractivity (Wildman–Crippen MR) is 128 cm³/mol. The molecule has 0 aromatic heterocycles. The number of hydrogen-bond donors (Lipinski definition) is 2. The summed E-state index contributed by atoms with van der Waals surface area (Å²) >= 11 is 12.1. The van der Waals surface area contributed by atoms with E-state index in [0.717, 1.165) is 9.87 Å². The van der Waals surface area contributed by atoms with E-state index in [0.29, 0.717) is 5.69 Å². The minimum absolute atomic E-state index is 0.0850. The quantitative estimate of drug-likeness (QED) is 0.526. The van der Waals surface area contributed by atoms with Crippen molar-refractivity contribution in [3.8, 4) is 0 Å². The van der Waals surface area contributed by atoms with E-state index in [-0.39, 0.29) is 33.6 Å². The first-order valence-electron chi connectivity index (χ1n) is 9.97. The van der Waals surface area contributed by atoms with E-state index >= 15 is 0 Å². The van der Waals surface area contributed by atoms with Crippen molar-refractivity contribution in [3.05, 3.63) is 88.4 Å². The normalized spacial score (nSPS) is 15.5. The first-order valence-corrected chi connectivity index (χ1v) is 12.2. The molecule has 4 rings (SSSR count). The van der Waals surface area contributed by atoms with Gasteiger partial charge in [0.15, 0.2) is 0 Å². The number of sulfonamides is 1. The molecule has 1 atom stereocenters. The molecular weight excluding hydrogens is 485 g/mol. The second kappa shape index (κ2) is 9.43. The molecule has 0 fully saturated rings. The molecule has 1 aliphatic rings. The molecule has 3 aromatic rings. The van der Waals surface area contributed by atoms with Crippen molar-refractivity contribution in [3.63, 3.8) is 0 Å². The van der Waals surface area contributed by atoms with Crippen LogP contribution >= 0.6 is 23.2 Å². The number of nitrogens with one attached hydrogen (secondary N) is 2. The lowest BCUT2D eigenvalue weighted by Gasteiger charge is -2.36. The van der Waals surface area contributed by atoms with Gasteiger partial charge >= 0.3 is 0 Å². The second-order valence-corrected chi connectivity index (χ2v) is 9.99. The highest BCUT2D eigenvalue weighted by Gasteiger charge is 2.42. The van der Waals surface area contributed by atoms with Crippen molar-refractivity contribution >= 4 is 56.4 Å². The van der Waals surface area contributed by atoms with Crippen LogP contribution in [-0.4, -0.2) is 26.3 Å². The third-order valence-corrected chi connectivity index (χ3v) is 7.67. The molecule has 0 spiro atoms. The van der Waals surface area contributed by atoms with Gasteiger partial charge in [-0.3, -0.25) is 13.9 Å². The maximum Gasteiger partial charge on any atom is 0.266 e. The first kappa shape index (κ1) is 23.1. The molecule has 2 N–H and O–H groups in total. The fourth-order valence-electron chi connectivity index (χ4n) is 3.57. The molecule has 1 aliphatic heterocycles. The molecule has 0 aliphatic carbocycles. The highest BCUT2D eigenvalue weighted by atomic mass is 35.5. The van der Waals surface area contributed by atoms with Gasteiger partial charge in [0, 0.05) is 11.6 Å². The largest absolute Gasteiger partial charge is 0.352 e. The van der Waals surface area contributed by atoms with Crippen molar-refractivity contribution < 1.29 is 18.0 Å². The van der Waals surface area contributed by atoms with Crippen LogP contribution in [0.25, 0.3) is 0 Å². The lowest BCUT2D eigenvalue weighted by molar-refractivity contribution is -0.125. The Morgan fingerprint density at radius 2 is 1.70 bits per heavy atom. The van der Waals surface area contributed by atoms with Gasteiger partial charge in [-0.2, -0.15) is 0 Å². The van der Waals surface area contributed by atoms with Gasteiger partial charge in [-0.05, 0) is 35.9 Å². The number of carbonyl (C=O) groups is 2. The van der Waals surface area contributed by atoms with Gasteiger partial charge in [0.05, 0.1) is 22.8 Å². The van der Waals surface area contributed by atoms with E-state index in [1.807, 2.05) is 30.3 Å². The van der Waals surface area contributed by atoms with E-state index in [4.69, 9.17) is 23.2 Å². The second-order valence-electron chi connectivity index (χ2n) is 7.36. The van der Waals surface area contributed by atoms with Crippen molar-refractivity contribution in [2.45, 2.75) is 23.9 Å². The fourth-order valence-corrected chi connectivity index (χ4v) is 5.95. The van der Waals surface area contributed by atoms with Gasteiger partial charge in [-0.25, -0.2) is 8.42 Å². The number of rotatable bonds is 6. The minimum atomic E-state index is -4.32. The zero-order valence-corrected chi connectivity index (χ0v) is 19.5. The van der Waals surface area contributed by atoms with Crippen molar-refractivity contribution in [2.75, 3.05) is 9.62 Å². The summed E-state index contributed by atoms with van der Waals surface area (Å²) in [5, 5.41) is 5.61. The maximum absolute atomic E-state index is 13.7. The van der Waals surface area contributed by atoms with Crippen molar-refractivity contribution in [1.29, 1.82) is 0 Å². The molecule has 0 saturated heterocycles. The molecule has 33 heavy (non-hydrogen) atoms. The highest BCUT2D eigenvalue weighted by Crippen LogP contribution is 2.39. The molecular formula is C23H19Cl2N3O4S. The number of carbonyl (C=O) groups excluding carboxylic acids is 2. The molecule has 3 aromatic carbocycles. The Morgan fingerprint density at radius 3 is 2.42 bits per heavy atom. The number of hydrogen-bond acceptors (Lipinski definition) is 4. The lowest BCUT2D eigenvalue weighted by Crippen LogP contribution is -2.52. The Kier molecular flexibility index (Phi) is 6.60. The van der Waals surface area contributed by atoms with E-state index in [9.17, 15) is 18.0 Å². The summed E-state index contributed by atoms with van der Waals surface area (Å²) in [6.45, 7) is 0.250. The van der Waals surface area contributed by atoms with E-state index in [1.165, 1.54) is 18.2 Å². The molecule has 10 heteroatoms. The highest BCUT2D eigenvalue weighted by molar-refractivity contribution is 7.93. The Balaban J connectivity index is 1.69. The SMILES string of the molecule is O=C(C[C@@H]1C(=O)Nc2ccccc2N1S(=O)(=O)c1ccc(Cl)cc1Cl)NCc1ccccc1. The number of nitrogens with zero attached hydrogens (tertiary/aromatic N) is 1. The third kappa shape index (κ3) is 4.83. The van der Waals surface area contributed by atoms with Crippen LogP contribution in [0.1, 0.15) is 12.0 Å². The van der Waals surface area contributed by atoms with Gasteiger partial charge in [0.1, 0.15) is 10.9 Å². The predicted octanol–water partition coefficient (Wildman–Crippen LogP) is 4.22. The standard InChI is InChI=1S/C23H19Cl2N3O4S/c24-16-10-11-21(17(25)12-16)33(31,32)28-19-9-5-4-8-18(19)27-23(30)20(28)13-22(29)26-14-15-6-2-1-3-7-15/h1-12,20H,13-14H2,(H,26,29)(H,27,30)/t20-/m1/s1. The number of para-hydroxylation sites is 2. The number of amides is 2. The summed E-state index contributed by atoms with van der Waals surface area (Å²) in [7, 11) is -4.32. The molecule has 170 valence electrons. The van der Waals surface area contributed by atoms with Crippen LogP contribution in [0.3, 0.4) is 0 Å². The number of fused-ring (bicyclic) bond motifs is 1. The molecule has 2 amide bonds. The molecule has 0 radical (unpaired) electrons. The van der Waals surface area contributed by atoms with E-state index in [1.54, 1.807) is 24.3 Å². The number of anilines is 2. The van der Waals surface area contributed by atoms with Gasteiger partial charge in [-0.15, -0.1) is 0 Å². The minimum Gasteiger partial charge on any atom is -0.352 e. The average molecular weight is 504 g/mol. The van der Waals surface area contributed by atoms with Gasteiger partial charge in [0.2, 0.25) is 11.8 Å². The smallest absolute Gasteiger partial charge is 0.266 e. The van der Waals surface area contributed by atoms with Gasteiger partial charge in [0.25, 0.3) is 10.0 Å². The maximum atomic E-state index is 13.7. The molecule has 1 heterocycles. The zero-order valence-electron chi connectivity index (χ0n) is 17.2. The van der Waals surface area contributed by atoms with E-state index in [2.05, 4.69) is 10.6 Å². The van der Waals surface area contributed by atoms with Crippen LogP contribution in [0.15, 0.2) is 77.7 Å². The third-order valence-electron chi connectivity index (χ3n) is 5.13. The van der Waals surface area contributed by atoms with Crippen LogP contribution in [0.4, 0.5) is 11.4 Å². The molecule has 0 bridgehead atoms. The summed E-state index contributed by atoms with van der Waals surface area (Å²) < 4.78 is 28.3. The summed E-state index contributed by atoms with van der Waals surface area (Å²) in [5.74, 6) is -1.09. The Morgan fingerprint density at radius 1 is 1.00 bits per heavy atom. The monoisotopic (exact) mass is 503 g/mol. The van der Waals surface area contributed by atoms with Crippen molar-refractivity contribution in [2.24, 2.45) is 0 Å². The molecule has 0 unspecified atom stereocenters. The topological polar surface area (TPSA) is 95.6 Å². The Hall–Kier alpha value is -3.07. The molecule has 7 nitrogen and oxygen atoms in total. The van der Waals surface area contributed by atoms with Crippen LogP contribution in [0, 0.1) is 0 Å². The Bertz CT molecular complexity index is 1320. The van der Waals surface area contributed by atoms with Crippen molar-refractivity contribution in [1.82, 2.24) is 5.32 Å². The Labute approximate surface area is 201 Å². The zero-order chi connectivity index (χ0) is 23.6. The number of benzene rings is 3. The molecule has 0 saturated carbocycles. The average Bonchev–Trinajstić information content (AvgIpc) is 2.78. The number of halogens is 2. The summed E-state index contributed by atoms with van der Waals surface area (Å²) in [6.07, 6.45) is -0.378. The fraction of sp³-hybridized carbons (Fsp3) is 0.130. The van der Waals surface area contributed by atoms with Crippen LogP contribution in [0.5, 0.6) is 0 Å². The van der Waals surface area contributed by atoms with Crippen LogP contribution in [-0.2, 0) is 26.2 Å². The van der Waals surface area contributed by atoms with Crippen LogP contribution < -0.4 is 14.9 Å².